The van der Waals surface area contributed by atoms with E-state index in [1.165, 1.54) is 11.3 Å². The van der Waals surface area contributed by atoms with Gasteiger partial charge in [-0.15, -0.1) is 0 Å². The zero-order chi connectivity index (χ0) is 20.8. The molecule has 0 aliphatic heterocycles. The van der Waals surface area contributed by atoms with E-state index in [1.807, 2.05) is 6.07 Å². The lowest BCUT2D eigenvalue weighted by Gasteiger charge is -2.08. The topological polar surface area (TPSA) is 77.5 Å². The van der Waals surface area contributed by atoms with Crippen molar-refractivity contribution >= 4 is 66.1 Å². The van der Waals surface area contributed by atoms with Crippen molar-refractivity contribution in [1.82, 2.24) is 4.98 Å². The number of benzene rings is 2. The van der Waals surface area contributed by atoms with Gasteiger partial charge in [-0.2, -0.15) is 0 Å². The monoisotopic (exact) mass is 496 g/mol. The van der Waals surface area contributed by atoms with Gasteiger partial charge in [0.05, 0.1) is 34.0 Å². The number of anilines is 1. The van der Waals surface area contributed by atoms with Crippen LogP contribution in [0.3, 0.4) is 0 Å². The maximum atomic E-state index is 12.2. The van der Waals surface area contributed by atoms with Gasteiger partial charge in [0.25, 0.3) is 0 Å². The van der Waals surface area contributed by atoms with E-state index in [-0.39, 0.29) is 18.3 Å². The second kappa shape index (κ2) is 10.0. The molecule has 2 aromatic carbocycles. The minimum Gasteiger partial charge on any atom is -0.492 e. The number of rotatable bonds is 8. The zero-order valence-corrected chi connectivity index (χ0v) is 18.7. The van der Waals surface area contributed by atoms with E-state index in [0.717, 1.165) is 9.17 Å². The third-order valence-corrected chi connectivity index (χ3v) is 5.57. The first-order chi connectivity index (χ1) is 14.0. The van der Waals surface area contributed by atoms with Gasteiger partial charge in [0.1, 0.15) is 5.75 Å². The van der Waals surface area contributed by atoms with Gasteiger partial charge in [-0.1, -0.05) is 38.9 Å². The lowest BCUT2D eigenvalue weighted by Crippen LogP contribution is -2.12. The van der Waals surface area contributed by atoms with Crippen molar-refractivity contribution in [2.45, 2.75) is 19.8 Å². The molecule has 0 fully saturated rings. The highest BCUT2D eigenvalue weighted by Crippen LogP contribution is 2.28. The Bertz CT molecular complexity index is 1040. The first-order valence-corrected chi connectivity index (χ1v) is 10.9. The number of esters is 1. The van der Waals surface area contributed by atoms with E-state index in [0.29, 0.717) is 46.6 Å². The van der Waals surface area contributed by atoms with Crippen LogP contribution in [0.15, 0.2) is 40.9 Å². The Labute approximate surface area is 185 Å². The largest absolute Gasteiger partial charge is 0.492 e. The van der Waals surface area contributed by atoms with E-state index in [1.54, 1.807) is 37.3 Å². The second-order valence-corrected chi connectivity index (χ2v) is 8.35. The van der Waals surface area contributed by atoms with Crippen molar-refractivity contribution in [2.24, 2.45) is 0 Å². The molecular formula is C20H18BrClN2O4S. The van der Waals surface area contributed by atoms with Crippen molar-refractivity contribution in [3.8, 4) is 5.75 Å². The molecule has 0 aliphatic rings. The fourth-order valence-electron chi connectivity index (χ4n) is 2.51. The van der Waals surface area contributed by atoms with Crippen LogP contribution in [0, 0.1) is 0 Å². The predicted octanol–water partition coefficient (Wildman–Crippen LogP) is 5.69. The summed E-state index contributed by atoms with van der Waals surface area (Å²) in [6.45, 7) is 2.45. The number of ether oxygens (including phenoxy) is 2. The number of fused-ring (bicyclic) bond motifs is 1. The van der Waals surface area contributed by atoms with Crippen molar-refractivity contribution in [3.05, 3.63) is 51.5 Å². The summed E-state index contributed by atoms with van der Waals surface area (Å²) >= 11 is 10.7. The Hall–Kier alpha value is -2.16. The standard InChI is InChI=1S/C20H18BrClN2O4S/c1-2-27-19(26)12-5-7-15-17(10-12)29-20(23-15)24-18(25)4-3-9-28-16-8-6-13(21)11-14(16)22/h5-8,10-11H,2-4,9H2,1H3,(H,23,24,25). The molecule has 1 amide bonds. The summed E-state index contributed by atoms with van der Waals surface area (Å²) in [4.78, 5) is 28.4. The zero-order valence-electron chi connectivity index (χ0n) is 15.5. The molecule has 0 saturated heterocycles. The molecule has 1 N–H and O–H groups in total. The molecule has 1 aromatic heterocycles. The first-order valence-electron chi connectivity index (χ1n) is 8.91. The number of thiazole rings is 1. The number of nitrogens with one attached hydrogen (secondary N) is 1. The second-order valence-electron chi connectivity index (χ2n) is 6.00. The third-order valence-electron chi connectivity index (χ3n) is 3.85. The molecule has 29 heavy (non-hydrogen) atoms. The third kappa shape index (κ3) is 5.91. The molecule has 6 nitrogen and oxygen atoms in total. The Kier molecular flexibility index (Phi) is 7.46. The Morgan fingerprint density at radius 3 is 2.83 bits per heavy atom. The van der Waals surface area contributed by atoms with Crippen LogP contribution in [0.25, 0.3) is 10.2 Å². The van der Waals surface area contributed by atoms with Crippen LogP contribution in [0.4, 0.5) is 5.13 Å². The van der Waals surface area contributed by atoms with Gasteiger partial charge in [0, 0.05) is 10.9 Å². The number of carbonyl (C=O) groups excluding carboxylic acids is 2. The molecule has 0 aliphatic carbocycles. The van der Waals surface area contributed by atoms with Gasteiger partial charge in [-0.25, -0.2) is 9.78 Å². The summed E-state index contributed by atoms with van der Waals surface area (Å²) in [7, 11) is 0. The van der Waals surface area contributed by atoms with Crippen molar-refractivity contribution < 1.29 is 19.1 Å². The molecule has 1 heterocycles. The molecule has 3 aromatic rings. The molecule has 0 spiro atoms. The van der Waals surface area contributed by atoms with E-state index < -0.39 is 0 Å². The highest BCUT2D eigenvalue weighted by atomic mass is 79.9. The summed E-state index contributed by atoms with van der Waals surface area (Å²) < 4.78 is 12.3. The molecular weight excluding hydrogens is 480 g/mol. The van der Waals surface area contributed by atoms with Crippen LogP contribution in [-0.2, 0) is 9.53 Å². The molecule has 152 valence electrons. The minimum atomic E-state index is -0.376. The maximum Gasteiger partial charge on any atom is 0.338 e. The van der Waals surface area contributed by atoms with E-state index in [9.17, 15) is 9.59 Å². The number of halogens is 2. The average Bonchev–Trinajstić information content (AvgIpc) is 3.08. The number of nitrogens with zero attached hydrogens (tertiary/aromatic N) is 1. The van der Waals surface area contributed by atoms with Crippen molar-refractivity contribution in [2.75, 3.05) is 18.5 Å². The lowest BCUT2D eigenvalue weighted by atomic mass is 10.2. The molecule has 9 heteroatoms. The number of aromatic nitrogens is 1. The Morgan fingerprint density at radius 1 is 1.24 bits per heavy atom. The van der Waals surface area contributed by atoms with Gasteiger partial charge >= 0.3 is 5.97 Å². The summed E-state index contributed by atoms with van der Waals surface area (Å²) in [6, 6.07) is 10.5. The molecule has 3 rings (SSSR count). The normalized spacial score (nSPS) is 10.7. The van der Waals surface area contributed by atoms with Crippen LogP contribution in [0.2, 0.25) is 5.02 Å². The smallest absolute Gasteiger partial charge is 0.338 e. The van der Waals surface area contributed by atoms with Crippen LogP contribution in [0.1, 0.15) is 30.1 Å². The summed E-state index contributed by atoms with van der Waals surface area (Å²) in [6.07, 6.45) is 0.828. The molecule has 0 saturated carbocycles. The summed E-state index contributed by atoms with van der Waals surface area (Å²) in [5, 5.41) is 3.79. The molecule has 0 unspecified atom stereocenters. The van der Waals surface area contributed by atoms with Crippen LogP contribution >= 0.6 is 38.9 Å². The van der Waals surface area contributed by atoms with E-state index in [2.05, 4.69) is 26.2 Å². The van der Waals surface area contributed by atoms with Crippen molar-refractivity contribution in [1.29, 1.82) is 0 Å². The summed E-state index contributed by atoms with van der Waals surface area (Å²) in [5.41, 5.74) is 1.18. The Balaban J connectivity index is 1.51. The van der Waals surface area contributed by atoms with E-state index >= 15 is 0 Å². The molecule has 0 atom stereocenters. The Morgan fingerprint density at radius 2 is 2.07 bits per heavy atom. The fraction of sp³-hybridized carbons (Fsp3) is 0.250. The SMILES string of the molecule is CCOC(=O)c1ccc2nc(NC(=O)CCCOc3ccc(Br)cc3Cl)sc2c1. The van der Waals surface area contributed by atoms with Gasteiger partial charge < -0.3 is 14.8 Å². The number of hydrogen-bond donors (Lipinski definition) is 1. The maximum absolute atomic E-state index is 12.2. The number of hydrogen-bond acceptors (Lipinski definition) is 6. The fourth-order valence-corrected chi connectivity index (χ4v) is 4.16. The number of carbonyl (C=O) groups is 2. The highest BCUT2D eigenvalue weighted by molar-refractivity contribution is 9.10. The predicted molar refractivity (Wildman–Crippen MR) is 118 cm³/mol. The van der Waals surface area contributed by atoms with Crippen LogP contribution in [-0.4, -0.2) is 30.1 Å². The van der Waals surface area contributed by atoms with Crippen molar-refractivity contribution in [3.63, 3.8) is 0 Å². The molecule has 0 bridgehead atoms. The lowest BCUT2D eigenvalue weighted by molar-refractivity contribution is -0.116. The quantitative estimate of drug-likeness (QED) is 0.320. The van der Waals surface area contributed by atoms with Gasteiger partial charge in [-0.05, 0) is 49.7 Å². The van der Waals surface area contributed by atoms with Gasteiger partial charge in [0.15, 0.2) is 5.13 Å². The number of amides is 1. The van der Waals surface area contributed by atoms with Crippen LogP contribution < -0.4 is 10.1 Å². The van der Waals surface area contributed by atoms with Gasteiger partial charge in [0.2, 0.25) is 5.91 Å². The summed E-state index contributed by atoms with van der Waals surface area (Å²) in [5.74, 6) is 0.0540. The average molecular weight is 498 g/mol. The first kappa shape index (κ1) is 21.5. The van der Waals surface area contributed by atoms with Crippen LogP contribution in [0.5, 0.6) is 5.75 Å². The molecule has 0 radical (unpaired) electrons. The van der Waals surface area contributed by atoms with E-state index in [4.69, 9.17) is 21.1 Å². The highest BCUT2D eigenvalue weighted by Gasteiger charge is 2.12. The minimum absolute atomic E-state index is 0.153. The van der Waals surface area contributed by atoms with Gasteiger partial charge in [-0.3, -0.25) is 4.79 Å².